The number of rotatable bonds is 5. The van der Waals surface area contributed by atoms with Gasteiger partial charge in [-0.1, -0.05) is 12.1 Å². The van der Waals surface area contributed by atoms with E-state index in [0.29, 0.717) is 12.3 Å². The van der Waals surface area contributed by atoms with Gasteiger partial charge in [0.15, 0.2) is 0 Å². The van der Waals surface area contributed by atoms with Gasteiger partial charge in [-0.2, -0.15) is 0 Å². The van der Waals surface area contributed by atoms with E-state index in [0.717, 1.165) is 42.3 Å². The molecule has 0 bridgehead atoms. The van der Waals surface area contributed by atoms with Crippen molar-refractivity contribution in [3.63, 3.8) is 0 Å². The van der Waals surface area contributed by atoms with Crippen LogP contribution >= 0.6 is 0 Å². The summed E-state index contributed by atoms with van der Waals surface area (Å²) in [6.45, 7) is 3.98. The molecule has 1 atom stereocenters. The van der Waals surface area contributed by atoms with Gasteiger partial charge < -0.3 is 10.6 Å². The van der Waals surface area contributed by atoms with Crippen molar-refractivity contribution >= 4 is 11.6 Å². The largest absolute Gasteiger partial charge is 0.326 e. The summed E-state index contributed by atoms with van der Waals surface area (Å²) in [6.07, 6.45) is 4.45. The average molecular weight is 310 g/mol. The Bertz CT molecular complexity index is 680. The first kappa shape index (κ1) is 15.6. The fourth-order valence-corrected chi connectivity index (χ4v) is 2.89. The van der Waals surface area contributed by atoms with E-state index in [2.05, 4.69) is 20.6 Å². The van der Waals surface area contributed by atoms with Crippen LogP contribution in [0.1, 0.15) is 25.1 Å². The lowest BCUT2D eigenvalue weighted by Gasteiger charge is -2.10. The number of anilines is 1. The predicted octanol–water partition coefficient (Wildman–Crippen LogP) is 2.78. The summed E-state index contributed by atoms with van der Waals surface area (Å²) in [5, 5.41) is 6.32. The van der Waals surface area contributed by atoms with Gasteiger partial charge in [-0.15, -0.1) is 0 Å². The average Bonchev–Trinajstić information content (AvgIpc) is 3.07. The van der Waals surface area contributed by atoms with Gasteiger partial charge in [0.05, 0.1) is 5.69 Å². The van der Waals surface area contributed by atoms with Crippen LogP contribution in [-0.2, 0) is 4.79 Å². The monoisotopic (exact) mass is 310 g/mol. The molecule has 120 valence electrons. The van der Waals surface area contributed by atoms with Crippen molar-refractivity contribution in [3.8, 4) is 11.3 Å². The highest BCUT2D eigenvalue weighted by Crippen LogP contribution is 2.21. The number of aryl methyl sites for hydroxylation is 1. The molecule has 1 saturated heterocycles. The molecule has 0 aliphatic carbocycles. The maximum absolute atomic E-state index is 12.1. The molecule has 0 radical (unpaired) electrons. The molecule has 1 aromatic heterocycles. The van der Waals surface area contributed by atoms with Gasteiger partial charge in [0.1, 0.15) is 5.82 Å². The zero-order valence-corrected chi connectivity index (χ0v) is 13.4. The molecule has 1 unspecified atom stereocenters. The summed E-state index contributed by atoms with van der Waals surface area (Å²) in [4.78, 5) is 20.6. The summed E-state index contributed by atoms with van der Waals surface area (Å²) in [6, 6.07) is 9.66. The Morgan fingerprint density at radius 2 is 2.30 bits per heavy atom. The molecule has 0 spiro atoms. The number of carbonyl (C=O) groups is 1. The number of carbonyl (C=O) groups excluding carboxylic acids is 1. The number of hydrogen-bond donors (Lipinski definition) is 2. The molecule has 3 rings (SSSR count). The van der Waals surface area contributed by atoms with E-state index in [1.54, 1.807) is 6.20 Å². The molecule has 5 nitrogen and oxygen atoms in total. The molecule has 2 N–H and O–H groups in total. The van der Waals surface area contributed by atoms with Crippen LogP contribution < -0.4 is 10.6 Å². The third kappa shape index (κ3) is 4.36. The molecule has 5 heteroatoms. The Labute approximate surface area is 136 Å². The summed E-state index contributed by atoms with van der Waals surface area (Å²) < 4.78 is 0. The zero-order valence-electron chi connectivity index (χ0n) is 13.4. The number of amides is 1. The van der Waals surface area contributed by atoms with E-state index in [9.17, 15) is 4.79 Å². The van der Waals surface area contributed by atoms with Gasteiger partial charge in [0.2, 0.25) is 5.91 Å². The maximum Gasteiger partial charge on any atom is 0.224 e. The topological polar surface area (TPSA) is 66.9 Å². The van der Waals surface area contributed by atoms with Crippen molar-refractivity contribution in [2.75, 3.05) is 18.4 Å². The lowest BCUT2D eigenvalue weighted by molar-refractivity contribution is -0.116. The van der Waals surface area contributed by atoms with Gasteiger partial charge in [0, 0.05) is 23.9 Å². The van der Waals surface area contributed by atoms with E-state index in [-0.39, 0.29) is 5.91 Å². The highest BCUT2D eigenvalue weighted by atomic mass is 16.1. The van der Waals surface area contributed by atoms with Crippen LogP contribution in [0.5, 0.6) is 0 Å². The highest BCUT2D eigenvalue weighted by Gasteiger charge is 2.15. The van der Waals surface area contributed by atoms with Crippen LogP contribution in [0.25, 0.3) is 11.3 Å². The van der Waals surface area contributed by atoms with Crippen molar-refractivity contribution in [1.29, 1.82) is 0 Å². The van der Waals surface area contributed by atoms with Gasteiger partial charge in [-0.25, -0.2) is 9.97 Å². The lowest BCUT2D eigenvalue weighted by atomic mass is 10.0. The number of hydrogen-bond acceptors (Lipinski definition) is 4. The normalized spacial score (nSPS) is 17.2. The van der Waals surface area contributed by atoms with Crippen molar-refractivity contribution < 1.29 is 4.79 Å². The Hall–Kier alpha value is -2.27. The summed E-state index contributed by atoms with van der Waals surface area (Å²) in [5.41, 5.74) is 2.66. The molecule has 23 heavy (non-hydrogen) atoms. The first-order valence-corrected chi connectivity index (χ1v) is 8.11. The Morgan fingerprint density at radius 3 is 3.09 bits per heavy atom. The Balaban J connectivity index is 1.61. The first-order chi connectivity index (χ1) is 11.2. The number of nitrogens with one attached hydrogen (secondary N) is 2. The summed E-state index contributed by atoms with van der Waals surface area (Å²) in [5.74, 6) is 1.45. The molecule has 1 aliphatic heterocycles. The van der Waals surface area contributed by atoms with E-state index >= 15 is 0 Å². The minimum Gasteiger partial charge on any atom is -0.326 e. The Kier molecular flexibility index (Phi) is 4.98. The second-order valence-electron chi connectivity index (χ2n) is 6.02. The molecule has 2 aromatic rings. The van der Waals surface area contributed by atoms with Gasteiger partial charge >= 0.3 is 0 Å². The van der Waals surface area contributed by atoms with Crippen LogP contribution in [0.2, 0.25) is 0 Å². The molecule has 0 saturated carbocycles. The Morgan fingerprint density at radius 1 is 1.39 bits per heavy atom. The van der Waals surface area contributed by atoms with Gasteiger partial charge in [-0.3, -0.25) is 4.79 Å². The van der Waals surface area contributed by atoms with Crippen LogP contribution in [-0.4, -0.2) is 29.0 Å². The molecule has 2 heterocycles. The van der Waals surface area contributed by atoms with Crippen LogP contribution in [0, 0.1) is 12.8 Å². The summed E-state index contributed by atoms with van der Waals surface area (Å²) >= 11 is 0. The third-order valence-electron chi connectivity index (χ3n) is 4.16. The molecular weight excluding hydrogens is 288 g/mol. The smallest absolute Gasteiger partial charge is 0.224 e. The van der Waals surface area contributed by atoms with E-state index < -0.39 is 0 Å². The summed E-state index contributed by atoms with van der Waals surface area (Å²) in [7, 11) is 0. The van der Waals surface area contributed by atoms with E-state index in [1.807, 2.05) is 37.3 Å². The van der Waals surface area contributed by atoms with E-state index in [1.165, 1.54) is 6.42 Å². The lowest BCUT2D eigenvalue weighted by Crippen LogP contribution is -2.15. The van der Waals surface area contributed by atoms with Crippen LogP contribution in [0.15, 0.2) is 36.5 Å². The van der Waals surface area contributed by atoms with Gasteiger partial charge in [-0.05, 0) is 57.0 Å². The SMILES string of the molecule is Cc1nccc(-c2cccc(NC(=O)CCC3CCNC3)c2)n1. The fourth-order valence-electron chi connectivity index (χ4n) is 2.89. The molecular formula is C18H22N4O. The minimum atomic E-state index is 0.0768. The quantitative estimate of drug-likeness (QED) is 0.891. The van der Waals surface area contributed by atoms with E-state index in [4.69, 9.17) is 0 Å². The van der Waals surface area contributed by atoms with Crippen molar-refractivity contribution in [1.82, 2.24) is 15.3 Å². The minimum absolute atomic E-state index is 0.0768. The molecule has 1 amide bonds. The highest BCUT2D eigenvalue weighted by molar-refractivity contribution is 5.91. The van der Waals surface area contributed by atoms with Crippen molar-refractivity contribution in [3.05, 3.63) is 42.4 Å². The fraction of sp³-hybridized carbons (Fsp3) is 0.389. The first-order valence-electron chi connectivity index (χ1n) is 8.11. The van der Waals surface area contributed by atoms with Gasteiger partial charge in [0.25, 0.3) is 0 Å². The molecule has 1 aromatic carbocycles. The number of benzene rings is 1. The molecule has 1 fully saturated rings. The third-order valence-corrected chi connectivity index (χ3v) is 4.16. The second-order valence-corrected chi connectivity index (χ2v) is 6.02. The predicted molar refractivity (Wildman–Crippen MR) is 91.0 cm³/mol. The van der Waals surface area contributed by atoms with Crippen molar-refractivity contribution in [2.24, 2.45) is 5.92 Å². The maximum atomic E-state index is 12.1. The van der Waals surface area contributed by atoms with Crippen LogP contribution in [0.3, 0.4) is 0 Å². The number of nitrogens with zero attached hydrogens (tertiary/aromatic N) is 2. The zero-order chi connectivity index (χ0) is 16.1. The number of aromatic nitrogens is 2. The molecule has 1 aliphatic rings. The second kappa shape index (κ2) is 7.33. The van der Waals surface area contributed by atoms with Crippen LogP contribution in [0.4, 0.5) is 5.69 Å². The standard InChI is InChI=1S/C18H22N4O/c1-13-20-10-8-17(21-13)15-3-2-4-16(11-15)22-18(23)6-5-14-7-9-19-12-14/h2-4,8,10-11,14,19H,5-7,9,12H2,1H3,(H,22,23). The van der Waals surface area contributed by atoms with Crippen molar-refractivity contribution in [2.45, 2.75) is 26.2 Å².